The Kier molecular flexibility index (Phi) is 6.25. The van der Waals surface area contributed by atoms with E-state index < -0.39 is 17.5 Å². The van der Waals surface area contributed by atoms with E-state index in [1.54, 1.807) is 12.1 Å². The van der Waals surface area contributed by atoms with Crippen LogP contribution in [-0.2, 0) is 9.53 Å². The van der Waals surface area contributed by atoms with Crippen LogP contribution in [0.5, 0.6) is 11.5 Å². The summed E-state index contributed by atoms with van der Waals surface area (Å²) in [5.74, 6) is 0.133. The zero-order chi connectivity index (χ0) is 21.1. The summed E-state index contributed by atoms with van der Waals surface area (Å²) in [6, 6.07) is 4.59. The van der Waals surface area contributed by atoms with Crippen molar-refractivity contribution in [3.05, 3.63) is 41.3 Å². The lowest BCUT2D eigenvalue weighted by atomic mass is 9.81. The van der Waals surface area contributed by atoms with Crippen LogP contribution in [0.3, 0.4) is 0 Å². The van der Waals surface area contributed by atoms with Gasteiger partial charge in [0.2, 0.25) is 0 Å². The predicted octanol–water partition coefficient (Wildman–Crippen LogP) is 4.87. The molecule has 150 valence electrons. The minimum absolute atomic E-state index is 0.0870. The number of anilines is 1. The van der Waals surface area contributed by atoms with Gasteiger partial charge in [-0.3, -0.25) is 15.5 Å². The van der Waals surface area contributed by atoms with E-state index in [-0.39, 0.29) is 11.4 Å². The van der Waals surface area contributed by atoms with Crippen LogP contribution in [0, 0.1) is 10.3 Å². The fourth-order valence-corrected chi connectivity index (χ4v) is 3.13. The normalized spacial score (nSPS) is 12.2. The number of rotatable bonds is 8. The van der Waals surface area contributed by atoms with Crippen LogP contribution in [0.1, 0.15) is 32.4 Å². The molecular formula is C20H24N2O6. The fraction of sp³-hybridized carbons (Fsp3) is 0.350. The van der Waals surface area contributed by atoms with Gasteiger partial charge in [-0.05, 0) is 23.4 Å². The quantitative estimate of drug-likeness (QED) is 0.287. The van der Waals surface area contributed by atoms with Gasteiger partial charge < -0.3 is 14.2 Å². The molecular weight excluding hydrogens is 364 g/mol. The van der Waals surface area contributed by atoms with Gasteiger partial charge in [-0.15, -0.1) is 11.5 Å². The summed E-state index contributed by atoms with van der Waals surface area (Å²) in [4.78, 5) is 23.3. The van der Waals surface area contributed by atoms with E-state index in [9.17, 15) is 14.9 Å². The molecule has 0 bridgehead atoms. The van der Waals surface area contributed by atoms with Gasteiger partial charge in [0.25, 0.3) is 0 Å². The van der Waals surface area contributed by atoms with Crippen LogP contribution in [0.25, 0.3) is 10.8 Å². The van der Waals surface area contributed by atoms with Gasteiger partial charge >= 0.3 is 5.97 Å². The molecule has 0 amide bonds. The number of nitrogens with one attached hydrogen (secondary N) is 1. The van der Waals surface area contributed by atoms with Crippen LogP contribution in [0.4, 0.5) is 11.4 Å². The molecule has 0 saturated carbocycles. The highest BCUT2D eigenvalue weighted by Gasteiger charge is 2.35. The van der Waals surface area contributed by atoms with Gasteiger partial charge in [0.1, 0.15) is 23.3 Å². The Bertz CT molecular complexity index is 923. The molecule has 2 N–H and O–H groups in total. The molecule has 0 fully saturated rings. The molecule has 0 saturated heterocycles. The number of carbonyl (C=O) groups is 1. The number of fused-ring (bicyclic) bond motifs is 1. The van der Waals surface area contributed by atoms with Crippen molar-refractivity contribution in [2.75, 3.05) is 19.7 Å². The third-order valence-corrected chi connectivity index (χ3v) is 4.62. The molecule has 2 aromatic rings. The number of hydrogen-bond donors (Lipinski definition) is 2. The van der Waals surface area contributed by atoms with Crippen LogP contribution in [0.2, 0.25) is 0 Å². The molecule has 8 heteroatoms. The highest BCUT2D eigenvalue weighted by molar-refractivity contribution is 6.08. The first-order valence-electron chi connectivity index (χ1n) is 8.51. The monoisotopic (exact) mass is 388 g/mol. The largest absolute Gasteiger partial charge is 0.496 e. The molecule has 0 radical (unpaired) electrons. The molecule has 0 aliphatic carbocycles. The molecule has 0 aliphatic heterocycles. The summed E-state index contributed by atoms with van der Waals surface area (Å²) in [6.07, 6.45) is 0.891. The average Bonchev–Trinajstić information content (AvgIpc) is 2.69. The predicted molar refractivity (Wildman–Crippen MR) is 106 cm³/mol. The van der Waals surface area contributed by atoms with Crippen LogP contribution in [-0.4, -0.2) is 25.4 Å². The van der Waals surface area contributed by atoms with Crippen molar-refractivity contribution in [3.63, 3.8) is 0 Å². The van der Waals surface area contributed by atoms with Crippen molar-refractivity contribution in [1.29, 1.82) is 0 Å². The minimum Gasteiger partial charge on any atom is -0.496 e. The maximum absolute atomic E-state index is 11.8. The van der Waals surface area contributed by atoms with Gasteiger partial charge in [-0.2, -0.15) is 0 Å². The third-order valence-electron chi connectivity index (χ3n) is 4.62. The van der Waals surface area contributed by atoms with Crippen molar-refractivity contribution >= 4 is 28.1 Å². The summed E-state index contributed by atoms with van der Waals surface area (Å²) in [6.45, 7) is 8.85. The Morgan fingerprint density at radius 3 is 2.43 bits per heavy atom. The number of methoxy groups -OCH3 is 2. The molecule has 28 heavy (non-hydrogen) atoms. The van der Waals surface area contributed by atoms with E-state index in [2.05, 4.69) is 17.2 Å². The van der Waals surface area contributed by atoms with Crippen LogP contribution in [0.15, 0.2) is 36.0 Å². The first-order chi connectivity index (χ1) is 13.2. The smallest absolute Gasteiger partial charge is 0.303 e. The van der Waals surface area contributed by atoms with E-state index in [0.717, 1.165) is 0 Å². The topological polar surface area (TPSA) is 106 Å². The zero-order valence-electron chi connectivity index (χ0n) is 16.5. The number of carbonyl (C=O) groups excluding carboxylic acids is 1. The Morgan fingerprint density at radius 2 is 1.96 bits per heavy atom. The van der Waals surface area contributed by atoms with E-state index in [1.807, 2.05) is 13.8 Å². The Hall–Kier alpha value is -3.13. The minimum atomic E-state index is -0.777. The molecule has 0 aliphatic rings. The number of esters is 1. The van der Waals surface area contributed by atoms with Gasteiger partial charge in [-0.25, -0.2) is 0 Å². The van der Waals surface area contributed by atoms with Gasteiger partial charge in [0.05, 0.1) is 30.7 Å². The number of benzene rings is 2. The van der Waals surface area contributed by atoms with Crippen LogP contribution < -0.4 is 15.0 Å². The first kappa shape index (κ1) is 21.2. The lowest BCUT2D eigenvalue weighted by molar-refractivity contribution is -0.151. The zero-order valence-corrected chi connectivity index (χ0v) is 16.5. The molecule has 2 aromatic carbocycles. The van der Waals surface area contributed by atoms with Crippen LogP contribution >= 0.6 is 0 Å². The summed E-state index contributed by atoms with van der Waals surface area (Å²) >= 11 is 0. The second-order valence-corrected chi connectivity index (χ2v) is 6.80. The van der Waals surface area contributed by atoms with Gasteiger partial charge in [-0.1, -0.05) is 19.9 Å². The summed E-state index contributed by atoms with van der Waals surface area (Å²) in [5.41, 5.74) is 2.29. The van der Waals surface area contributed by atoms with E-state index in [1.165, 1.54) is 33.3 Å². The Balaban J connectivity index is 3.03. The van der Waals surface area contributed by atoms with Gasteiger partial charge in [0.15, 0.2) is 0 Å². The average molecular weight is 388 g/mol. The van der Waals surface area contributed by atoms with Crippen molar-refractivity contribution in [2.24, 2.45) is 10.6 Å². The number of nitroso groups, excluding NO2 is 1. The molecule has 0 aromatic heterocycles. The first-order valence-corrected chi connectivity index (χ1v) is 8.51. The maximum Gasteiger partial charge on any atom is 0.303 e. The van der Waals surface area contributed by atoms with Crippen molar-refractivity contribution < 1.29 is 24.2 Å². The molecule has 1 unspecified atom stereocenters. The SMILES string of the molecule is C=CC(C)(C)C(OC(C)=O)c1cc(OC)c2c(NO)ccc(N=O)c2c1OC. The maximum atomic E-state index is 11.8. The molecule has 8 nitrogen and oxygen atoms in total. The van der Waals surface area contributed by atoms with Crippen molar-refractivity contribution in [1.82, 2.24) is 0 Å². The number of nitrogens with zero attached hydrogens (tertiary/aromatic N) is 1. The Labute approximate surface area is 163 Å². The molecule has 0 spiro atoms. The molecule has 0 heterocycles. The summed E-state index contributed by atoms with van der Waals surface area (Å²) < 4.78 is 16.7. The van der Waals surface area contributed by atoms with E-state index in [4.69, 9.17) is 14.2 Å². The molecule has 2 rings (SSSR count). The second-order valence-electron chi connectivity index (χ2n) is 6.80. The fourth-order valence-electron chi connectivity index (χ4n) is 3.13. The van der Waals surface area contributed by atoms with Crippen molar-refractivity contribution in [3.8, 4) is 11.5 Å². The summed E-state index contributed by atoms with van der Waals surface area (Å²) in [7, 11) is 2.89. The van der Waals surface area contributed by atoms with E-state index >= 15 is 0 Å². The van der Waals surface area contributed by atoms with Crippen molar-refractivity contribution in [2.45, 2.75) is 26.9 Å². The lowest BCUT2D eigenvalue weighted by Gasteiger charge is -2.32. The standard InChI is InChI=1S/C20H24N2O6/c1-7-20(3,4)19(28-11(2)23)12-10-15(26-5)16-13(21-24)8-9-14(22-25)17(16)18(12)27-6/h7-10,19,21,24H,1H2,2-6H3. The Morgan fingerprint density at radius 1 is 1.29 bits per heavy atom. The number of ether oxygens (including phenoxy) is 3. The number of hydrogen-bond acceptors (Lipinski definition) is 8. The molecule has 1 atom stereocenters. The second kappa shape index (κ2) is 8.26. The summed E-state index contributed by atoms with van der Waals surface area (Å²) in [5, 5.41) is 13.3. The highest BCUT2D eigenvalue weighted by Crippen LogP contribution is 2.50. The highest BCUT2D eigenvalue weighted by atomic mass is 16.5. The van der Waals surface area contributed by atoms with E-state index in [0.29, 0.717) is 27.8 Å². The lowest BCUT2D eigenvalue weighted by Crippen LogP contribution is -2.25. The van der Waals surface area contributed by atoms with Gasteiger partial charge in [0, 0.05) is 17.9 Å². The third kappa shape index (κ3) is 3.63.